The fourth-order valence-electron chi connectivity index (χ4n) is 2.05. The lowest BCUT2D eigenvalue weighted by Gasteiger charge is -2.15. The Kier molecular flexibility index (Phi) is 10.8. The van der Waals surface area contributed by atoms with Gasteiger partial charge in [-0.25, -0.2) is 4.98 Å². The Morgan fingerprint density at radius 2 is 2.00 bits per heavy atom. The molecule has 1 atom stereocenters. The molecular formula is C16H23Cl2N3OS. The zero-order valence-electron chi connectivity index (χ0n) is 13.0. The number of hydrogen-bond donors (Lipinski definition) is 2. The molecule has 4 nitrogen and oxygen atoms in total. The molecule has 128 valence electrons. The van der Waals surface area contributed by atoms with Gasteiger partial charge in [0.25, 0.3) is 5.91 Å². The van der Waals surface area contributed by atoms with Gasteiger partial charge in [-0.15, -0.1) is 36.2 Å². The highest BCUT2D eigenvalue weighted by atomic mass is 35.5. The number of unbranched alkanes of at least 4 members (excludes halogenated alkanes) is 1. The predicted molar refractivity (Wildman–Crippen MR) is 102 cm³/mol. The third-order valence-electron chi connectivity index (χ3n) is 3.28. The molecule has 0 saturated carbocycles. The van der Waals surface area contributed by atoms with Gasteiger partial charge in [-0.1, -0.05) is 50.1 Å². The van der Waals surface area contributed by atoms with E-state index in [4.69, 9.17) is 5.73 Å². The fourth-order valence-corrected chi connectivity index (χ4v) is 2.86. The Bertz CT molecular complexity index is 578. The van der Waals surface area contributed by atoms with Gasteiger partial charge in [0.05, 0.1) is 0 Å². The molecule has 0 aliphatic heterocycles. The fraction of sp³-hybridized carbons (Fsp3) is 0.375. The summed E-state index contributed by atoms with van der Waals surface area (Å²) in [6.07, 6.45) is 3.07. The Hall–Kier alpha value is -1.14. The van der Waals surface area contributed by atoms with Gasteiger partial charge in [0.1, 0.15) is 10.7 Å². The van der Waals surface area contributed by atoms with E-state index in [1.807, 2.05) is 30.3 Å². The molecule has 0 fully saturated rings. The summed E-state index contributed by atoms with van der Waals surface area (Å²) < 4.78 is 0. The van der Waals surface area contributed by atoms with Crippen LogP contribution in [0.15, 0.2) is 35.7 Å². The summed E-state index contributed by atoms with van der Waals surface area (Å²) in [5.41, 5.74) is 7.20. The average molecular weight is 376 g/mol. The first kappa shape index (κ1) is 21.9. The quantitative estimate of drug-likeness (QED) is 0.770. The molecule has 0 aliphatic rings. The summed E-state index contributed by atoms with van der Waals surface area (Å²) >= 11 is 1.48. The number of nitrogens with zero attached hydrogens (tertiary/aromatic N) is 1. The van der Waals surface area contributed by atoms with Crippen molar-refractivity contribution >= 4 is 42.1 Å². The molecule has 3 N–H and O–H groups in total. The second-order valence-corrected chi connectivity index (χ2v) is 5.81. The lowest BCUT2D eigenvalue weighted by atomic mass is 10.1. The van der Waals surface area contributed by atoms with Crippen LogP contribution in [0.2, 0.25) is 0 Å². The number of thiazole rings is 1. The van der Waals surface area contributed by atoms with Gasteiger partial charge in [0.2, 0.25) is 0 Å². The lowest BCUT2D eigenvalue weighted by Crippen LogP contribution is -2.40. The third kappa shape index (κ3) is 6.47. The van der Waals surface area contributed by atoms with Crippen LogP contribution in [0.3, 0.4) is 0 Å². The number of amides is 1. The number of rotatable bonds is 7. The number of benzene rings is 1. The summed E-state index contributed by atoms with van der Waals surface area (Å²) in [7, 11) is 0. The van der Waals surface area contributed by atoms with Crippen LogP contribution >= 0.6 is 36.2 Å². The first-order valence-corrected chi connectivity index (χ1v) is 8.14. The number of aromatic nitrogens is 1. The van der Waals surface area contributed by atoms with Crippen molar-refractivity contribution in [2.24, 2.45) is 5.73 Å². The first-order valence-electron chi connectivity index (χ1n) is 7.26. The van der Waals surface area contributed by atoms with Gasteiger partial charge in [0, 0.05) is 23.5 Å². The summed E-state index contributed by atoms with van der Waals surface area (Å²) in [5, 5.41) is 5.62. The molecule has 0 saturated heterocycles. The Morgan fingerprint density at radius 1 is 1.30 bits per heavy atom. The summed E-state index contributed by atoms with van der Waals surface area (Å²) in [6, 6.07) is 9.90. The number of carbonyl (C=O) groups is 1. The van der Waals surface area contributed by atoms with Crippen molar-refractivity contribution in [1.82, 2.24) is 10.3 Å². The second kappa shape index (κ2) is 11.4. The van der Waals surface area contributed by atoms with Crippen LogP contribution in [-0.2, 0) is 0 Å². The minimum absolute atomic E-state index is 0. The van der Waals surface area contributed by atoms with E-state index in [0.29, 0.717) is 12.2 Å². The monoisotopic (exact) mass is 375 g/mol. The largest absolute Gasteiger partial charge is 0.347 e. The van der Waals surface area contributed by atoms with Crippen LogP contribution in [0.25, 0.3) is 10.6 Å². The van der Waals surface area contributed by atoms with Gasteiger partial charge in [-0.2, -0.15) is 0 Å². The topological polar surface area (TPSA) is 68.0 Å². The van der Waals surface area contributed by atoms with E-state index < -0.39 is 0 Å². The summed E-state index contributed by atoms with van der Waals surface area (Å²) in [6.45, 7) is 2.59. The summed E-state index contributed by atoms with van der Waals surface area (Å²) in [5.74, 6) is -0.139. The molecule has 1 aromatic heterocycles. The highest BCUT2D eigenvalue weighted by molar-refractivity contribution is 7.13. The normalized spacial score (nSPS) is 11.0. The maximum atomic E-state index is 12.2. The Labute approximate surface area is 153 Å². The molecule has 0 aliphatic carbocycles. The average Bonchev–Trinajstić information content (AvgIpc) is 3.02. The zero-order valence-corrected chi connectivity index (χ0v) is 15.5. The number of carbonyl (C=O) groups excluding carboxylic acids is 1. The highest BCUT2D eigenvalue weighted by Gasteiger charge is 2.15. The van der Waals surface area contributed by atoms with Gasteiger partial charge >= 0.3 is 0 Å². The van der Waals surface area contributed by atoms with Crippen LogP contribution in [-0.4, -0.2) is 23.5 Å². The SMILES string of the molecule is CCCCC(CN)NC(=O)c1csc(-c2ccccc2)n1.Cl.Cl. The van der Waals surface area contributed by atoms with Gasteiger partial charge in [0.15, 0.2) is 0 Å². The molecule has 7 heteroatoms. The van der Waals surface area contributed by atoms with E-state index in [-0.39, 0.29) is 36.8 Å². The van der Waals surface area contributed by atoms with Crippen molar-refractivity contribution in [3.05, 3.63) is 41.4 Å². The number of nitrogens with two attached hydrogens (primary N) is 1. The van der Waals surface area contributed by atoms with E-state index in [9.17, 15) is 4.79 Å². The van der Waals surface area contributed by atoms with Crippen LogP contribution in [0.1, 0.15) is 36.7 Å². The first-order chi connectivity index (χ1) is 10.2. The van der Waals surface area contributed by atoms with Crippen molar-refractivity contribution in [3.63, 3.8) is 0 Å². The molecule has 0 bridgehead atoms. The molecule has 0 radical (unpaired) electrons. The number of hydrogen-bond acceptors (Lipinski definition) is 4. The maximum Gasteiger partial charge on any atom is 0.271 e. The van der Waals surface area contributed by atoms with Crippen molar-refractivity contribution in [2.75, 3.05) is 6.54 Å². The number of halogens is 2. The molecule has 2 rings (SSSR count). The van der Waals surface area contributed by atoms with Gasteiger partial charge in [-0.05, 0) is 6.42 Å². The molecule has 23 heavy (non-hydrogen) atoms. The molecule has 2 aromatic rings. The zero-order chi connectivity index (χ0) is 15.1. The van der Waals surface area contributed by atoms with Crippen LogP contribution in [0.4, 0.5) is 0 Å². The van der Waals surface area contributed by atoms with E-state index in [2.05, 4.69) is 17.2 Å². The van der Waals surface area contributed by atoms with Crippen LogP contribution in [0.5, 0.6) is 0 Å². The van der Waals surface area contributed by atoms with Crippen LogP contribution < -0.4 is 11.1 Å². The van der Waals surface area contributed by atoms with E-state index in [1.54, 1.807) is 5.38 Å². The molecule has 1 aromatic carbocycles. The van der Waals surface area contributed by atoms with Gasteiger partial charge < -0.3 is 11.1 Å². The van der Waals surface area contributed by atoms with E-state index in [1.165, 1.54) is 11.3 Å². The third-order valence-corrected chi connectivity index (χ3v) is 4.17. The van der Waals surface area contributed by atoms with Crippen molar-refractivity contribution in [1.29, 1.82) is 0 Å². The minimum atomic E-state index is -0.139. The lowest BCUT2D eigenvalue weighted by molar-refractivity contribution is 0.0931. The second-order valence-electron chi connectivity index (χ2n) is 4.95. The maximum absolute atomic E-state index is 12.2. The van der Waals surface area contributed by atoms with Crippen molar-refractivity contribution < 1.29 is 4.79 Å². The Balaban J connectivity index is 0.00000242. The van der Waals surface area contributed by atoms with Crippen molar-refractivity contribution in [2.45, 2.75) is 32.2 Å². The smallest absolute Gasteiger partial charge is 0.271 e. The minimum Gasteiger partial charge on any atom is -0.347 e. The molecule has 1 amide bonds. The van der Waals surface area contributed by atoms with E-state index >= 15 is 0 Å². The Morgan fingerprint density at radius 3 is 2.61 bits per heavy atom. The predicted octanol–water partition coefficient (Wildman–Crippen LogP) is 3.90. The van der Waals surface area contributed by atoms with Crippen LogP contribution in [0, 0.1) is 0 Å². The number of nitrogens with one attached hydrogen (secondary N) is 1. The molecule has 1 heterocycles. The highest BCUT2D eigenvalue weighted by Crippen LogP contribution is 2.23. The van der Waals surface area contributed by atoms with E-state index in [0.717, 1.165) is 29.8 Å². The van der Waals surface area contributed by atoms with Gasteiger partial charge in [-0.3, -0.25) is 4.79 Å². The molecule has 1 unspecified atom stereocenters. The van der Waals surface area contributed by atoms with Crippen molar-refractivity contribution in [3.8, 4) is 10.6 Å². The standard InChI is InChI=1S/C16H21N3OS.2ClH/c1-2-3-9-13(10-17)18-15(20)14-11-21-16(19-14)12-7-5-4-6-8-12;;/h4-8,11,13H,2-3,9-10,17H2,1H3,(H,18,20);2*1H. The summed E-state index contributed by atoms with van der Waals surface area (Å²) in [4.78, 5) is 16.6. The molecule has 0 spiro atoms. The molecular weight excluding hydrogens is 353 g/mol.